The summed E-state index contributed by atoms with van der Waals surface area (Å²) < 4.78 is 0. The van der Waals surface area contributed by atoms with Crippen LogP contribution in [0.1, 0.15) is 13.8 Å². The Balaban J connectivity index is 3.64. The topological polar surface area (TPSA) is 37.3 Å². The molecule has 0 amide bonds. The van der Waals surface area contributed by atoms with Crippen molar-refractivity contribution in [3.8, 4) is 0 Å². The fraction of sp³-hybridized carbons (Fsp3) is 0.800. The lowest BCUT2D eigenvalue weighted by Crippen LogP contribution is -2.19. The Hall–Kier alpha value is -0.180. The summed E-state index contributed by atoms with van der Waals surface area (Å²) in [5.41, 5.74) is 0. The molecule has 0 radical (unpaired) electrons. The number of carbonyl (C=O) groups is 1. The van der Waals surface area contributed by atoms with Crippen LogP contribution in [0.4, 0.5) is 0 Å². The SMILES string of the molecule is CC(C)[C@H](S)C(=O)O. The van der Waals surface area contributed by atoms with Crippen LogP contribution in [0, 0.1) is 5.92 Å². The molecular formula is C5H10O2S. The maximum atomic E-state index is 10.1. The van der Waals surface area contributed by atoms with E-state index in [9.17, 15) is 4.79 Å². The summed E-state index contributed by atoms with van der Waals surface area (Å²) in [6.07, 6.45) is 0. The van der Waals surface area contributed by atoms with Crippen LogP contribution in [0.3, 0.4) is 0 Å². The first-order valence-electron chi connectivity index (χ1n) is 2.46. The van der Waals surface area contributed by atoms with Crippen LogP contribution in [0.2, 0.25) is 0 Å². The Morgan fingerprint density at radius 3 is 2.00 bits per heavy atom. The number of hydrogen-bond donors (Lipinski definition) is 2. The van der Waals surface area contributed by atoms with Crippen molar-refractivity contribution in [3.05, 3.63) is 0 Å². The van der Waals surface area contributed by atoms with Gasteiger partial charge in [-0.3, -0.25) is 4.79 Å². The minimum absolute atomic E-state index is 0.107. The quantitative estimate of drug-likeness (QED) is 0.553. The van der Waals surface area contributed by atoms with Gasteiger partial charge in [0.1, 0.15) is 5.25 Å². The lowest BCUT2D eigenvalue weighted by atomic mass is 10.1. The highest BCUT2D eigenvalue weighted by Crippen LogP contribution is 2.07. The average molecular weight is 134 g/mol. The van der Waals surface area contributed by atoms with Gasteiger partial charge in [0.2, 0.25) is 0 Å². The Bertz CT molecular complexity index is 90.4. The van der Waals surface area contributed by atoms with E-state index >= 15 is 0 Å². The largest absolute Gasteiger partial charge is 0.480 e. The van der Waals surface area contributed by atoms with Gasteiger partial charge in [-0.05, 0) is 5.92 Å². The second-order valence-electron chi connectivity index (χ2n) is 2.03. The van der Waals surface area contributed by atoms with Crippen molar-refractivity contribution in [2.24, 2.45) is 5.92 Å². The summed E-state index contributed by atoms with van der Waals surface area (Å²) in [6, 6.07) is 0. The van der Waals surface area contributed by atoms with Gasteiger partial charge in [0.25, 0.3) is 0 Å². The maximum Gasteiger partial charge on any atom is 0.316 e. The van der Waals surface area contributed by atoms with Crippen LogP contribution in [0.25, 0.3) is 0 Å². The van der Waals surface area contributed by atoms with Gasteiger partial charge in [-0.25, -0.2) is 0 Å². The predicted molar refractivity (Wildman–Crippen MR) is 35.2 cm³/mol. The van der Waals surface area contributed by atoms with E-state index in [4.69, 9.17) is 5.11 Å². The highest BCUT2D eigenvalue weighted by Gasteiger charge is 2.14. The molecule has 0 aromatic carbocycles. The van der Waals surface area contributed by atoms with Crippen LogP contribution < -0.4 is 0 Å². The first-order chi connectivity index (χ1) is 3.55. The molecule has 0 bridgehead atoms. The number of aliphatic carboxylic acids is 1. The molecule has 48 valence electrons. The van der Waals surface area contributed by atoms with E-state index in [0.29, 0.717) is 0 Å². The van der Waals surface area contributed by atoms with Gasteiger partial charge in [0.15, 0.2) is 0 Å². The summed E-state index contributed by atoms with van der Waals surface area (Å²) in [5.74, 6) is -0.737. The maximum absolute atomic E-state index is 10.1. The van der Waals surface area contributed by atoms with Gasteiger partial charge >= 0.3 is 5.97 Å². The highest BCUT2D eigenvalue weighted by atomic mass is 32.1. The zero-order chi connectivity index (χ0) is 6.73. The van der Waals surface area contributed by atoms with Crippen molar-refractivity contribution in [1.29, 1.82) is 0 Å². The molecule has 0 unspecified atom stereocenters. The summed E-state index contributed by atoms with van der Waals surface area (Å²) in [5, 5.41) is 7.76. The third kappa shape index (κ3) is 2.21. The molecule has 0 aromatic heterocycles. The minimum atomic E-state index is -0.844. The standard InChI is InChI=1S/C5H10O2S/c1-3(2)4(8)5(6)7/h3-4,8H,1-2H3,(H,6,7)/t4-/m0/s1. The fourth-order valence-electron chi connectivity index (χ4n) is 0.285. The first kappa shape index (κ1) is 7.82. The third-order valence-electron chi connectivity index (χ3n) is 0.884. The van der Waals surface area contributed by atoms with Gasteiger partial charge in [0, 0.05) is 0 Å². The van der Waals surface area contributed by atoms with Crippen LogP contribution in [-0.2, 0) is 4.79 Å². The molecule has 0 saturated carbocycles. The Labute approximate surface area is 54.3 Å². The van der Waals surface area contributed by atoms with Crippen molar-refractivity contribution in [2.45, 2.75) is 19.1 Å². The Kier molecular flexibility index (Phi) is 2.90. The summed E-state index contributed by atoms with van der Waals surface area (Å²) in [7, 11) is 0. The molecule has 0 saturated heterocycles. The average Bonchev–Trinajstić information content (AvgIpc) is 1.64. The molecule has 0 aliphatic heterocycles. The molecule has 0 aromatic rings. The Morgan fingerprint density at radius 2 is 2.00 bits per heavy atom. The summed E-state index contributed by atoms with van der Waals surface area (Å²) >= 11 is 3.82. The number of thiol groups is 1. The van der Waals surface area contributed by atoms with Crippen LogP contribution >= 0.6 is 12.6 Å². The lowest BCUT2D eigenvalue weighted by Gasteiger charge is -2.06. The van der Waals surface area contributed by atoms with E-state index in [1.54, 1.807) is 0 Å². The summed E-state index contributed by atoms with van der Waals surface area (Å²) in [6.45, 7) is 3.65. The molecular weight excluding hydrogens is 124 g/mol. The molecule has 0 rings (SSSR count). The van der Waals surface area contributed by atoms with Gasteiger partial charge in [-0.2, -0.15) is 12.6 Å². The van der Waals surface area contributed by atoms with Crippen molar-refractivity contribution in [3.63, 3.8) is 0 Å². The van der Waals surface area contributed by atoms with Crippen molar-refractivity contribution < 1.29 is 9.90 Å². The monoisotopic (exact) mass is 134 g/mol. The van der Waals surface area contributed by atoms with Gasteiger partial charge in [0.05, 0.1) is 0 Å². The van der Waals surface area contributed by atoms with E-state index < -0.39 is 11.2 Å². The van der Waals surface area contributed by atoms with Gasteiger partial charge in [-0.1, -0.05) is 13.8 Å². The van der Waals surface area contributed by atoms with E-state index in [1.165, 1.54) is 0 Å². The van der Waals surface area contributed by atoms with Crippen molar-refractivity contribution in [1.82, 2.24) is 0 Å². The smallest absolute Gasteiger partial charge is 0.316 e. The molecule has 0 aliphatic carbocycles. The van der Waals surface area contributed by atoms with Crippen molar-refractivity contribution >= 4 is 18.6 Å². The van der Waals surface area contributed by atoms with E-state index in [2.05, 4.69) is 12.6 Å². The molecule has 8 heavy (non-hydrogen) atoms. The van der Waals surface area contributed by atoms with E-state index in [0.717, 1.165) is 0 Å². The molecule has 0 heterocycles. The fourth-order valence-corrected chi connectivity index (χ4v) is 0.285. The lowest BCUT2D eigenvalue weighted by molar-refractivity contribution is -0.137. The normalized spacial score (nSPS) is 14.0. The zero-order valence-electron chi connectivity index (χ0n) is 4.96. The molecule has 3 heteroatoms. The second-order valence-corrected chi connectivity index (χ2v) is 2.58. The molecule has 2 nitrogen and oxygen atoms in total. The van der Waals surface area contributed by atoms with Crippen molar-refractivity contribution in [2.75, 3.05) is 0 Å². The van der Waals surface area contributed by atoms with Crippen LogP contribution in [0.5, 0.6) is 0 Å². The Morgan fingerprint density at radius 1 is 1.62 bits per heavy atom. The molecule has 0 spiro atoms. The molecule has 0 fully saturated rings. The van der Waals surface area contributed by atoms with E-state index in [-0.39, 0.29) is 5.92 Å². The number of carboxylic acid groups (broad SMARTS) is 1. The first-order valence-corrected chi connectivity index (χ1v) is 2.98. The number of carboxylic acids is 1. The zero-order valence-corrected chi connectivity index (χ0v) is 5.85. The molecule has 0 aliphatic rings. The number of rotatable bonds is 2. The van der Waals surface area contributed by atoms with Crippen LogP contribution in [-0.4, -0.2) is 16.3 Å². The van der Waals surface area contributed by atoms with Crippen LogP contribution in [0.15, 0.2) is 0 Å². The van der Waals surface area contributed by atoms with Gasteiger partial charge < -0.3 is 5.11 Å². The minimum Gasteiger partial charge on any atom is -0.480 e. The second kappa shape index (κ2) is 2.97. The summed E-state index contributed by atoms with van der Waals surface area (Å²) in [4.78, 5) is 10.1. The molecule has 1 N–H and O–H groups in total. The van der Waals surface area contributed by atoms with Gasteiger partial charge in [-0.15, -0.1) is 0 Å². The third-order valence-corrected chi connectivity index (χ3v) is 1.70. The highest BCUT2D eigenvalue weighted by molar-refractivity contribution is 7.81. The number of hydrogen-bond acceptors (Lipinski definition) is 2. The van der Waals surface area contributed by atoms with E-state index in [1.807, 2.05) is 13.8 Å². The predicted octanol–water partition coefficient (Wildman–Crippen LogP) is 1.03. The molecule has 1 atom stereocenters.